The van der Waals surface area contributed by atoms with Crippen LogP contribution in [0.1, 0.15) is 28.8 Å². The number of amides is 1. The van der Waals surface area contributed by atoms with Gasteiger partial charge in [-0.3, -0.25) is 24.3 Å². The van der Waals surface area contributed by atoms with Crippen molar-refractivity contribution in [3.05, 3.63) is 82.9 Å². The number of carbonyl (C=O) groups is 1. The maximum Gasteiger partial charge on any atom is 0.292 e. The molecule has 0 unspecified atom stereocenters. The highest BCUT2D eigenvalue weighted by Crippen LogP contribution is 2.36. The molecule has 1 aliphatic carbocycles. The van der Waals surface area contributed by atoms with Gasteiger partial charge in [-0.2, -0.15) is 0 Å². The first-order chi connectivity index (χ1) is 17.7. The largest absolute Gasteiger partial charge is 0.320 e. The minimum Gasteiger partial charge on any atom is -0.320 e. The Morgan fingerprint density at radius 1 is 1.24 bits per heavy atom. The monoisotopic (exact) mass is 574 g/mol. The van der Waals surface area contributed by atoms with Crippen molar-refractivity contribution >= 4 is 73.8 Å². The summed E-state index contributed by atoms with van der Waals surface area (Å²) < 4.78 is 1.52. The molecule has 0 saturated heterocycles. The van der Waals surface area contributed by atoms with E-state index in [2.05, 4.69) is 5.32 Å². The molecule has 0 atom stereocenters. The smallest absolute Gasteiger partial charge is 0.292 e. The minimum atomic E-state index is -0.591. The highest BCUT2D eigenvalue weighted by Gasteiger charge is 2.24. The summed E-state index contributed by atoms with van der Waals surface area (Å²) in [5.74, 6) is -0.628. The molecule has 2 aromatic heterocycles. The quantitative estimate of drug-likeness (QED) is 0.120. The summed E-state index contributed by atoms with van der Waals surface area (Å²) in [7, 11) is 0. The van der Waals surface area contributed by atoms with Crippen LogP contribution in [0.15, 0.2) is 46.3 Å². The van der Waals surface area contributed by atoms with Gasteiger partial charge in [0.05, 0.1) is 21.7 Å². The lowest BCUT2D eigenvalue weighted by molar-refractivity contribution is -0.383. The molecule has 1 amide bonds. The summed E-state index contributed by atoms with van der Waals surface area (Å²) in [6.07, 6.45) is 3.88. The first-order valence-electron chi connectivity index (χ1n) is 11.4. The molecule has 0 fully saturated rings. The van der Waals surface area contributed by atoms with Crippen molar-refractivity contribution in [2.45, 2.75) is 37.8 Å². The van der Waals surface area contributed by atoms with Crippen molar-refractivity contribution in [3.63, 3.8) is 0 Å². The van der Waals surface area contributed by atoms with Crippen LogP contribution in [0.25, 0.3) is 15.9 Å². The van der Waals surface area contributed by atoms with E-state index in [1.165, 1.54) is 39.0 Å². The van der Waals surface area contributed by atoms with Gasteiger partial charge in [0.2, 0.25) is 5.91 Å². The van der Waals surface area contributed by atoms with Crippen molar-refractivity contribution in [1.82, 2.24) is 9.55 Å². The number of hydrogen-bond donors (Lipinski definition) is 1. The van der Waals surface area contributed by atoms with E-state index in [-0.39, 0.29) is 27.7 Å². The average Bonchev–Trinajstić information content (AvgIpc) is 3.23. The summed E-state index contributed by atoms with van der Waals surface area (Å²) in [6, 6.07) is 9.27. The summed E-state index contributed by atoms with van der Waals surface area (Å²) in [5.41, 5.74) is 1.93. The number of nitro benzene ring substituents is 1. The zero-order valence-corrected chi connectivity index (χ0v) is 22.7. The molecule has 0 spiro atoms. The Balaban J connectivity index is 1.54. The van der Waals surface area contributed by atoms with Crippen LogP contribution in [-0.2, 0) is 17.6 Å². The van der Waals surface area contributed by atoms with E-state index in [4.69, 9.17) is 28.2 Å². The lowest BCUT2D eigenvalue weighted by atomic mass is 9.97. The van der Waals surface area contributed by atoms with Crippen molar-refractivity contribution in [1.29, 1.82) is 0 Å². The Bertz CT molecular complexity index is 1630. The Hall–Kier alpha value is -2.92. The zero-order valence-electron chi connectivity index (χ0n) is 19.5. The van der Waals surface area contributed by atoms with Crippen LogP contribution in [0.3, 0.4) is 0 Å². The van der Waals surface area contributed by atoms with Gasteiger partial charge in [0.15, 0.2) is 5.16 Å². The van der Waals surface area contributed by atoms with Gasteiger partial charge < -0.3 is 5.32 Å². The van der Waals surface area contributed by atoms with Crippen LogP contribution in [0.5, 0.6) is 0 Å². The minimum absolute atomic E-state index is 0.000481. The second-order valence-electron chi connectivity index (χ2n) is 8.57. The van der Waals surface area contributed by atoms with Crippen LogP contribution < -0.4 is 10.9 Å². The fourth-order valence-corrected chi connectivity index (χ4v) is 6.87. The number of benzene rings is 2. The summed E-state index contributed by atoms with van der Waals surface area (Å²) in [5, 5.41) is 15.6. The van der Waals surface area contributed by atoms with E-state index in [0.29, 0.717) is 26.1 Å². The van der Waals surface area contributed by atoms with Gasteiger partial charge in [-0.1, -0.05) is 41.0 Å². The van der Waals surface area contributed by atoms with Gasteiger partial charge in [-0.25, -0.2) is 4.98 Å². The third-order valence-corrected chi connectivity index (χ3v) is 8.97. The number of fused-ring (bicyclic) bond motifs is 3. The van der Waals surface area contributed by atoms with E-state index in [9.17, 15) is 19.7 Å². The number of halogens is 2. The van der Waals surface area contributed by atoms with Crippen LogP contribution >= 0.6 is 46.3 Å². The number of aromatic nitrogens is 2. The molecule has 1 N–H and O–H groups in total. The second-order valence-corrected chi connectivity index (χ2v) is 11.4. The van der Waals surface area contributed by atoms with Crippen molar-refractivity contribution in [3.8, 4) is 5.69 Å². The molecule has 12 heteroatoms. The summed E-state index contributed by atoms with van der Waals surface area (Å²) in [6.45, 7) is 1.83. The number of hydrogen-bond acceptors (Lipinski definition) is 7. The van der Waals surface area contributed by atoms with Crippen LogP contribution in [0.2, 0.25) is 10.0 Å². The Morgan fingerprint density at radius 2 is 2.03 bits per heavy atom. The van der Waals surface area contributed by atoms with Crippen molar-refractivity contribution in [2.75, 3.05) is 11.1 Å². The van der Waals surface area contributed by atoms with Crippen LogP contribution in [0, 0.1) is 17.0 Å². The number of thioether (sulfide) groups is 1. The van der Waals surface area contributed by atoms with Gasteiger partial charge >= 0.3 is 0 Å². The molecule has 0 bridgehead atoms. The molecule has 8 nitrogen and oxygen atoms in total. The topological polar surface area (TPSA) is 107 Å². The predicted molar refractivity (Wildman–Crippen MR) is 149 cm³/mol. The molecule has 190 valence electrons. The van der Waals surface area contributed by atoms with E-state index in [1.54, 1.807) is 18.2 Å². The van der Waals surface area contributed by atoms with E-state index < -0.39 is 10.8 Å². The number of thiophene rings is 1. The summed E-state index contributed by atoms with van der Waals surface area (Å²) >= 11 is 15.0. The zero-order chi connectivity index (χ0) is 26.3. The molecule has 0 aliphatic heterocycles. The fourth-order valence-electron chi connectivity index (χ4n) is 4.42. The van der Waals surface area contributed by atoms with Crippen molar-refractivity contribution in [2.24, 2.45) is 0 Å². The van der Waals surface area contributed by atoms with E-state index >= 15 is 0 Å². The first kappa shape index (κ1) is 25.7. The van der Waals surface area contributed by atoms with E-state index in [0.717, 1.165) is 48.6 Å². The standard InChI is InChI=1S/C25H20Cl2N4O4S2/c1-13-16(27)6-4-7-18(13)30-24(33)22-15-5-2-3-8-20(15)37-23(22)29-25(30)36-12-21(32)28-17-11-14(26)9-10-19(17)31(34)35/h4,6-7,9-11H,2-3,5,8,12H2,1H3,(H,28,32). The average molecular weight is 575 g/mol. The molecule has 0 radical (unpaired) electrons. The molecule has 4 aromatic rings. The van der Waals surface area contributed by atoms with Gasteiger partial charge in [-0.05, 0) is 68.0 Å². The first-order valence-corrected chi connectivity index (χ1v) is 14.0. The molecule has 5 rings (SSSR count). The van der Waals surface area contributed by atoms with Crippen molar-refractivity contribution < 1.29 is 9.72 Å². The maximum absolute atomic E-state index is 13.9. The number of nitrogens with zero attached hydrogens (tertiary/aromatic N) is 3. The number of rotatable bonds is 6. The van der Waals surface area contributed by atoms with E-state index in [1.807, 2.05) is 6.92 Å². The van der Waals surface area contributed by atoms with Gasteiger partial charge in [0, 0.05) is 21.0 Å². The van der Waals surface area contributed by atoms with Crippen LogP contribution in [-0.4, -0.2) is 26.1 Å². The molecule has 1 aliphatic rings. The SMILES string of the molecule is Cc1c(Cl)cccc1-n1c(SCC(=O)Nc2cc(Cl)ccc2[N+](=O)[O-])nc2sc3c(c2c1=O)CCCC3. The molecule has 2 aromatic carbocycles. The third kappa shape index (κ3) is 4.98. The highest BCUT2D eigenvalue weighted by molar-refractivity contribution is 7.99. The molecular weight excluding hydrogens is 555 g/mol. The number of aryl methyl sites for hydroxylation is 2. The van der Waals surface area contributed by atoms with Gasteiger partial charge in [0.1, 0.15) is 10.5 Å². The Morgan fingerprint density at radius 3 is 2.81 bits per heavy atom. The Labute approximate surface area is 229 Å². The lowest BCUT2D eigenvalue weighted by Crippen LogP contribution is -2.24. The fraction of sp³-hybridized carbons (Fsp3) is 0.240. The maximum atomic E-state index is 13.9. The van der Waals surface area contributed by atoms with Gasteiger partial charge in [-0.15, -0.1) is 11.3 Å². The third-order valence-electron chi connectivity index (χ3n) is 6.20. The van der Waals surface area contributed by atoms with Crippen LogP contribution in [0.4, 0.5) is 11.4 Å². The lowest BCUT2D eigenvalue weighted by Gasteiger charge is -2.16. The predicted octanol–water partition coefficient (Wildman–Crippen LogP) is 6.58. The highest BCUT2D eigenvalue weighted by atomic mass is 35.5. The number of nitro groups is 1. The Kier molecular flexibility index (Phi) is 7.26. The molecular formula is C25H20Cl2N4O4S2. The molecule has 2 heterocycles. The number of nitrogens with one attached hydrogen (secondary N) is 1. The normalized spacial score (nSPS) is 12.9. The second kappa shape index (κ2) is 10.4. The van der Waals surface area contributed by atoms with Gasteiger partial charge in [0.25, 0.3) is 11.2 Å². The number of carbonyl (C=O) groups excluding carboxylic acids is 1. The summed E-state index contributed by atoms with van der Waals surface area (Å²) in [4.78, 5) is 44.2. The number of anilines is 1. The molecule has 0 saturated carbocycles. The molecule has 37 heavy (non-hydrogen) atoms.